The topological polar surface area (TPSA) is 74.8 Å². The first-order chi connectivity index (χ1) is 7.97. The first-order valence-electron chi connectivity index (χ1n) is 4.45. The van der Waals surface area contributed by atoms with E-state index in [0.717, 1.165) is 24.5 Å². The van der Waals surface area contributed by atoms with Gasteiger partial charge in [-0.15, -0.1) is 0 Å². The van der Waals surface area contributed by atoms with Gasteiger partial charge in [0.2, 0.25) is 0 Å². The number of aromatic nitrogens is 2. The second kappa shape index (κ2) is 4.13. The predicted octanol–water partition coefficient (Wildman–Crippen LogP) is 1.49. The lowest BCUT2D eigenvalue weighted by molar-refractivity contribution is 0.584. The van der Waals surface area contributed by atoms with Crippen LogP contribution in [0.1, 0.15) is 0 Å². The number of H-pyrrole nitrogens is 1. The molecule has 0 spiro atoms. The molecule has 0 saturated carbocycles. The zero-order valence-electron chi connectivity index (χ0n) is 8.31. The van der Waals surface area contributed by atoms with Crippen molar-refractivity contribution >= 4 is 15.7 Å². The number of nitrogens with zero attached hydrogens (tertiary/aromatic N) is 1. The van der Waals surface area contributed by atoms with Crippen molar-refractivity contribution in [1.29, 1.82) is 0 Å². The van der Waals surface area contributed by atoms with Gasteiger partial charge in [-0.2, -0.15) is 5.10 Å². The van der Waals surface area contributed by atoms with Gasteiger partial charge in [-0.25, -0.2) is 17.2 Å². The molecule has 0 atom stereocenters. The zero-order valence-corrected chi connectivity index (χ0v) is 9.13. The highest BCUT2D eigenvalue weighted by Gasteiger charge is 2.15. The molecular formula is C9H7F2N3O2S. The van der Waals surface area contributed by atoms with E-state index in [2.05, 4.69) is 10.2 Å². The van der Waals surface area contributed by atoms with Crippen molar-refractivity contribution in [3.8, 4) is 0 Å². The van der Waals surface area contributed by atoms with Crippen molar-refractivity contribution in [2.24, 2.45) is 0 Å². The molecule has 0 radical (unpaired) electrons. The quantitative estimate of drug-likeness (QED) is 0.876. The number of hydrogen-bond acceptors (Lipinski definition) is 3. The van der Waals surface area contributed by atoms with Crippen molar-refractivity contribution in [1.82, 2.24) is 10.2 Å². The van der Waals surface area contributed by atoms with E-state index in [1.54, 1.807) is 0 Å². The number of benzene rings is 1. The third-order valence-electron chi connectivity index (χ3n) is 1.90. The maximum Gasteiger partial charge on any atom is 0.265 e. The zero-order chi connectivity index (χ0) is 12.5. The van der Waals surface area contributed by atoms with Crippen LogP contribution in [0.25, 0.3) is 0 Å². The Kier molecular flexibility index (Phi) is 2.80. The molecule has 0 saturated heterocycles. The van der Waals surface area contributed by atoms with Crippen LogP contribution in [0.4, 0.5) is 14.5 Å². The lowest BCUT2D eigenvalue weighted by Gasteiger charge is -2.06. The molecule has 8 heteroatoms. The lowest BCUT2D eigenvalue weighted by Crippen LogP contribution is -2.12. The molecular weight excluding hydrogens is 252 g/mol. The molecule has 0 aliphatic rings. The molecule has 0 fully saturated rings. The molecule has 2 rings (SSSR count). The van der Waals surface area contributed by atoms with Crippen LogP contribution < -0.4 is 4.72 Å². The molecule has 0 bridgehead atoms. The minimum Gasteiger partial charge on any atom is -0.284 e. The Bertz CT molecular complexity index is 605. The molecule has 17 heavy (non-hydrogen) atoms. The maximum atomic E-state index is 12.9. The van der Waals surface area contributed by atoms with Crippen LogP contribution >= 0.6 is 0 Å². The van der Waals surface area contributed by atoms with Crippen molar-refractivity contribution in [2.45, 2.75) is 4.90 Å². The number of anilines is 1. The third-order valence-corrected chi connectivity index (χ3v) is 3.25. The van der Waals surface area contributed by atoms with Gasteiger partial charge in [-0.1, -0.05) is 0 Å². The van der Waals surface area contributed by atoms with Crippen LogP contribution in [0, 0.1) is 11.6 Å². The summed E-state index contributed by atoms with van der Waals surface area (Å²) in [7, 11) is -3.88. The second-order valence-electron chi connectivity index (χ2n) is 3.20. The van der Waals surface area contributed by atoms with Crippen LogP contribution in [0.3, 0.4) is 0 Å². The highest BCUT2D eigenvalue weighted by atomic mass is 32.2. The van der Waals surface area contributed by atoms with Gasteiger partial charge in [0.15, 0.2) is 0 Å². The first-order valence-corrected chi connectivity index (χ1v) is 5.93. The molecule has 1 aromatic carbocycles. The van der Waals surface area contributed by atoms with Crippen LogP contribution in [-0.4, -0.2) is 18.6 Å². The van der Waals surface area contributed by atoms with E-state index < -0.39 is 21.7 Å². The Labute approximate surface area is 95.5 Å². The Morgan fingerprint density at radius 1 is 1.18 bits per heavy atom. The normalized spacial score (nSPS) is 11.4. The van der Waals surface area contributed by atoms with Crippen molar-refractivity contribution in [3.63, 3.8) is 0 Å². The molecule has 0 aliphatic carbocycles. The average Bonchev–Trinajstić information content (AvgIpc) is 2.67. The molecule has 1 heterocycles. The summed E-state index contributed by atoms with van der Waals surface area (Å²) in [6.07, 6.45) is 2.23. The van der Waals surface area contributed by atoms with Crippen LogP contribution in [0.2, 0.25) is 0 Å². The van der Waals surface area contributed by atoms with E-state index in [-0.39, 0.29) is 10.6 Å². The summed E-state index contributed by atoms with van der Waals surface area (Å²) in [4.78, 5) is -0.123. The van der Waals surface area contributed by atoms with Gasteiger partial charge in [0, 0.05) is 12.3 Å². The largest absolute Gasteiger partial charge is 0.284 e. The fourth-order valence-corrected chi connectivity index (χ4v) is 2.16. The first kappa shape index (κ1) is 11.5. The summed E-state index contributed by atoms with van der Waals surface area (Å²) >= 11 is 0. The van der Waals surface area contributed by atoms with Crippen LogP contribution in [0.15, 0.2) is 35.5 Å². The minimum absolute atomic E-state index is 0.123. The summed E-state index contributed by atoms with van der Waals surface area (Å²) < 4.78 is 51.1. The number of aromatic amines is 1. The Balaban J connectivity index is 2.33. The van der Waals surface area contributed by atoms with Gasteiger partial charge < -0.3 is 0 Å². The molecule has 0 amide bonds. The summed E-state index contributed by atoms with van der Waals surface area (Å²) in [5.41, 5.74) is -0.191. The Hall–Kier alpha value is -1.96. The number of halogens is 2. The molecule has 1 aromatic heterocycles. The van der Waals surface area contributed by atoms with E-state index in [1.165, 1.54) is 0 Å². The van der Waals surface area contributed by atoms with Gasteiger partial charge >= 0.3 is 0 Å². The van der Waals surface area contributed by atoms with Gasteiger partial charge in [0.25, 0.3) is 10.0 Å². The molecule has 5 nitrogen and oxygen atoms in total. The van der Waals surface area contributed by atoms with Gasteiger partial charge in [-0.05, 0) is 12.1 Å². The molecule has 0 aliphatic heterocycles. The van der Waals surface area contributed by atoms with E-state index in [4.69, 9.17) is 0 Å². The highest BCUT2D eigenvalue weighted by molar-refractivity contribution is 7.92. The van der Waals surface area contributed by atoms with E-state index in [9.17, 15) is 17.2 Å². The van der Waals surface area contributed by atoms with Crippen molar-refractivity contribution < 1.29 is 17.2 Å². The van der Waals surface area contributed by atoms with Crippen LogP contribution in [0.5, 0.6) is 0 Å². The van der Waals surface area contributed by atoms with E-state index in [0.29, 0.717) is 6.07 Å². The maximum absolute atomic E-state index is 12.9. The molecule has 2 aromatic rings. The van der Waals surface area contributed by atoms with Crippen molar-refractivity contribution in [2.75, 3.05) is 4.72 Å². The number of nitrogens with one attached hydrogen (secondary N) is 2. The minimum atomic E-state index is -3.88. The Morgan fingerprint density at radius 3 is 2.35 bits per heavy atom. The standard InChI is InChI=1S/C9H7F2N3O2S/c10-6-1-7(11)3-8(2-6)14-17(15,16)9-4-12-13-5-9/h1-5,14H,(H,12,13). The smallest absolute Gasteiger partial charge is 0.265 e. The third kappa shape index (κ3) is 2.59. The SMILES string of the molecule is O=S(=O)(Nc1cc(F)cc(F)c1)c1cn[nH]c1. The summed E-state index contributed by atoms with van der Waals surface area (Å²) in [6, 6.07) is 2.40. The highest BCUT2D eigenvalue weighted by Crippen LogP contribution is 2.17. The number of hydrogen-bond donors (Lipinski definition) is 2. The predicted molar refractivity (Wildman–Crippen MR) is 55.8 cm³/mol. The van der Waals surface area contributed by atoms with Gasteiger partial charge in [0.1, 0.15) is 16.5 Å². The summed E-state index contributed by atoms with van der Waals surface area (Å²) in [5.74, 6) is -1.73. The molecule has 0 unspecified atom stereocenters. The fourth-order valence-electron chi connectivity index (χ4n) is 1.21. The number of sulfonamides is 1. The Morgan fingerprint density at radius 2 is 1.82 bits per heavy atom. The lowest BCUT2D eigenvalue weighted by atomic mass is 10.3. The van der Waals surface area contributed by atoms with E-state index in [1.807, 2.05) is 4.72 Å². The fraction of sp³-hybridized carbons (Fsp3) is 0. The summed E-state index contributed by atoms with van der Waals surface area (Å²) in [6.45, 7) is 0. The molecule has 90 valence electrons. The van der Waals surface area contributed by atoms with Crippen LogP contribution in [-0.2, 0) is 10.0 Å². The molecule has 2 N–H and O–H groups in total. The van der Waals surface area contributed by atoms with E-state index >= 15 is 0 Å². The summed E-state index contributed by atoms with van der Waals surface area (Å²) in [5, 5.41) is 5.80. The van der Waals surface area contributed by atoms with Gasteiger partial charge in [0.05, 0.1) is 11.9 Å². The average molecular weight is 259 g/mol. The van der Waals surface area contributed by atoms with Gasteiger partial charge in [-0.3, -0.25) is 9.82 Å². The monoisotopic (exact) mass is 259 g/mol. The van der Waals surface area contributed by atoms with Crippen molar-refractivity contribution in [3.05, 3.63) is 42.2 Å². The second-order valence-corrected chi connectivity index (χ2v) is 4.88. The number of rotatable bonds is 3.